The summed E-state index contributed by atoms with van der Waals surface area (Å²) in [7, 11) is -3.98. The smallest absolute Gasteiger partial charge is 0.255 e. The Kier molecular flexibility index (Phi) is 6.17. The van der Waals surface area contributed by atoms with Crippen LogP contribution in [0, 0.1) is 12.7 Å². The van der Waals surface area contributed by atoms with Gasteiger partial charge in [-0.15, -0.1) is 11.3 Å². The molecule has 3 aromatic rings. The van der Waals surface area contributed by atoms with Crippen LogP contribution in [0.3, 0.4) is 0 Å². The van der Waals surface area contributed by atoms with Crippen LogP contribution < -0.4 is 5.32 Å². The molecular formula is C22H22FN3O3S2. The van der Waals surface area contributed by atoms with Crippen molar-refractivity contribution in [1.29, 1.82) is 0 Å². The Bertz CT molecular complexity index is 1200. The van der Waals surface area contributed by atoms with Crippen LogP contribution in [0.4, 0.5) is 10.1 Å². The Balaban J connectivity index is 1.53. The zero-order valence-corrected chi connectivity index (χ0v) is 18.6. The number of halogens is 1. The molecule has 0 aliphatic carbocycles. The number of amides is 1. The van der Waals surface area contributed by atoms with E-state index in [-0.39, 0.29) is 5.56 Å². The number of anilines is 1. The molecule has 6 nitrogen and oxygen atoms in total. The lowest BCUT2D eigenvalue weighted by molar-refractivity contribution is 0.102. The Labute approximate surface area is 184 Å². The van der Waals surface area contributed by atoms with Gasteiger partial charge in [0.15, 0.2) is 0 Å². The van der Waals surface area contributed by atoms with E-state index < -0.39 is 26.6 Å². The van der Waals surface area contributed by atoms with Crippen LogP contribution in [0.2, 0.25) is 0 Å². The number of carbonyl (C=O) groups is 1. The molecule has 0 spiro atoms. The first-order chi connectivity index (χ1) is 14.8. The van der Waals surface area contributed by atoms with Gasteiger partial charge in [-0.3, -0.25) is 4.79 Å². The molecule has 1 aliphatic heterocycles. The van der Waals surface area contributed by atoms with Crippen molar-refractivity contribution in [3.8, 4) is 11.3 Å². The molecule has 31 heavy (non-hydrogen) atoms. The fraction of sp³-hybridized carbons (Fsp3) is 0.273. The van der Waals surface area contributed by atoms with E-state index in [0.29, 0.717) is 18.8 Å². The second kappa shape index (κ2) is 8.86. The Morgan fingerprint density at radius 1 is 1.10 bits per heavy atom. The van der Waals surface area contributed by atoms with Crippen molar-refractivity contribution in [2.24, 2.45) is 0 Å². The van der Waals surface area contributed by atoms with Crippen molar-refractivity contribution >= 4 is 33.0 Å². The molecule has 4 rings (SSSR count). The number of nitrogens with one attached hydrogen (secondary N) is 1. The summed E-state index contributed by atoms with van der Waals surface area (Å²) in [6, 6.07) is 10.6. The van der Waals surface area contributed by atoms with Crippen LogP contribution in [0.15, 0.2) is 52.7 Å². The average Bonchev–Trinajstić information content (AvgIpc) is 3.21. The first-order valence-electron chi connectivity index (χ1n) is 9.98. The predicted octanol–water partition coefficient (Wildman–Crippen LogP) is 4.68. The maximum atomic E-state index is 14.4. The summed E-state index contributed by atoms with van der Waals surface area (Å²) >= 11 is 1.56. The minimum Gasteiger partial charge on any atom is -0.322 e. The van der Waals surface area contributed by atoms with Crippen molar-refractivity contribution in [2.75, 3.05) is 18.4 Å². The molecule has 0 radical (unpaired) electrons. The number of aromatic nitrogens is 1. The van der Waals surface area contributed by atoms with E-state index in [1.54, 1.807) is 23.5 Å². The molecule has 1 amide bonds. The lowest BCUT2D eigenvalue weighted by Gasteiger charge is -2.26. The third-order valence-electron chi connectivity index (χ3n) is 5.18. The molecule has 0 saturated carbocycles. The van der Waals surface area contributed by atoms with Gasteiger partial charge in [-0.2, -0.15) is 4.31 Å². The number of hydrogen-bond acceptors (Lipinski definition) is 5. The second-order valence-corrected chi connectivity index (χ2v) is 10.4. The lowest BCUT2D eigenvalue weighted by Crippen LogP contribution is -2.36. The zero-order chi connectivity index (χ0) is 22.0. The monoisotopic (exact) mass is 459 g/mol. The zero-order valence-electron chi connectivity index (χ0n) is 17.0. The number of sulfonamides is 1. The van der Waals surface area contributed by atoms with Crippen molar-refractivity contribution < 1.29 is 17.6 Å². The van der Waals surface area contributed by atoms with E-state index in [1.165, 1.54) is 10.4 Å². The maximum Gasteiger partial charge on any atom is 0.255 e. The summed E-state index contributed by atoms with van der Waals surface area (Å²) in [6.45, 7) is 2.66. The van der Waals surface area contributed by atoms with Gasteiger partial charge in [0.05, 0.1) is 10.7 Å². The first-order valence-corrected chi connectivity index (χ1v) is 12.3. The summed E-state index contributed by atoms with van der Waals surface area (Å²) in [6.07, 6.45) is 2.45. The van der Waals surface area contributed by atoms with Crippen molar-refractivity contribution in [3.05, 3.63) is 64.2 Å². The highest BCUT2D eigenvalue weighted by atomic mass is 32.2. The van der Waals surface area contributed by atoms with Gasteiger partial charge in [0, 0.05) is 35.3 Å². The lowest BCUT2D eigenvalue weighted by atomic mass is 10.1. The third kappa shape index (κ3) is 4.68. The highest BCUT2D eigenvalue weighted by Gasteiger charge is 2.29. The summed E-state index contributed by atoms with van der Waals surface area (Å²) in [5.74, 6) is -1.36. The van der Waals surface area contributed by atoms with E-state index >= 15 is 0 Å². The molecule has 2 heterocycles. The van der Waals surface area contributed by atoms with Gasteiger partial charge < -0.3 is 5.32 Å². The first kappa shape index (κ1) is 21.6. The fourth-order valence-corrected chi connectivity index (χ4v) is 5.74. The second-order valence-electron chi connectivity index (χ2n) is 7.39. The Morgan fingerprint density at radius 3 is 2.45 bits per heavy atom. The van der Waals surface area contributed by atoms with Crippen LogP contribution in [-0.4, -0.2) is 36.7 Å². The number of thiazole rings is 1. The van der Waals surface area contributed by atoms with Crippen molar-refractivity contribution in [3.63, 3.8) is 0 Å². The number of carbonyl (C=O) groups excluding carboxylic acids is 1. The van der Waals surface area contributed by atoms with Gasteiger partial charge >= 0.3 is 0 Å². The normalized spacial score (nSPS) is 15.0. The van der Waals surface area contributed by atoms with Crippen LogP contribution in [-0.2, 0) is 10.0 Å². The van der Waals surface area contributed by atoms with E-state index in [0.717, 1.165) is 47.7 Å². The Morgan fingerprint density at radius 2 is 1.81 bits per heavy atom. The SMILES string of the molecule is Cc1nc(-c2ccc(NC(=O)c3ccc(F)c(S(=O)(=O)N4CCCCC4)c3)cc2)cs1. The highest BCUT2D eigenvalue weighted by molar-refractivity contribution is 7.89. The van der Waals surface area contributed by atoms with Gasteiger partial charge in [-0.25, -0.2) is 17.8 Å². The molecule has 1 aliphatic rings. The van der Waals surface area contributed by atoms with E-state index in [1.807, 2.05) is 24.4 Å². The molecule has 2 aromatic carbocycles. The van der Waals surface area contributed by atoms with Crippen LogP contribution in [0.1, 0.15) is 34.6 Å². The standard InChI is InChI=1S/C22H22FN3O3S2/c1-15-24-20(14-30-15)16-5-8-18(9-6-16)25-22(27)17-7-10-19(23)21(13-17)31(28,29)26-11-3-2-4-12-26/h5-10,13-14H,2-4,11-12H2,1H3,(H,25,27). The number of nitrogens with zero attached hydrogens (tertiary/aromatic N) is 2. The van der Waals surface area contributed by atoms with Gasteiger partial charge in [0.25, 0.3) is 5.91 Å². The number of aryl methyl sites for hydroxylation is 1. The number of hydrogen-bond donors (Lipinski definition) is 1. The topological polar surface area (TPSA) is 79.4 Å². The summed E-state index contributed by atoms with van der Waals surface area (Å²) < 4.78 is 41.4. The molecule has 1 aromatic heterocycles. The summed E-state index contributed by atoms with van der Waals surface area (Å²) in [5.41, 5.74) is 2.42. The van der Waals surface area contributed by atoms with E-state index in [4.69, 9.17) is 0 Å². The van der Waals surface area contributed by atoms with Crippen molar-refractivity contribution in [2.45, 2.75) is 31.1 Å². The Hall–Kier alpha value is -2.62. The summed E-state index contributed by atoms with van der Waals surface area (Å²) in [5, 5.41) is 5.67. The quantitative estimate of drug-likeness (QED) is 0.601. The van der Waals surface area contributed by atoms with E-state index in [9.17, 15) is 17.6 Å². The average molecular weight is 460 g/mol. The minimum absolute atomic E-state index is 0.0798. The molecule has 9 heteroatoms. The van der Waals surface area contributed by atoms with Gasteiger partial charge in [0.1, 0.15) is 10.7 Å². The summed E-state index contributed by atoms with van der Waals surface area (Å²) in [4.78, 5) is 16.7. The van der Waals surface area contributed by atoms with Crippen molar-refractivity contribution in [1.82, 2.24) is 9.29 Å². The molecule has 0 unspecified atom stereocenters. The van der Waals surface area contributed by atoms with Gasteiger partial charge in [0.2, 0.25) is 10.0 Å². The molecule has 0 atom stereocenters. The molecule has 1 N–H and O–H groups in total. The number of rotatable bonds is 5. The number of benzene rings is 2. The highest BCUT2D eigenvalue weighted by Crippen LogP contribution is 2.26. The molecule has 162 valence electrons. The van der Waals surface area contributed by atoms with Crippen LogP contribution in [0.25, 0.3) is 11.3 Å². The third-order valence-corrected chi connectivity index (χ3v) is 7.87. The van der Waals surface area contributed by atoms with Gasteiger partial charge in [-0.05, 0) is 50.1 Å². The van der Waals surface area contributed by atoms with Crippen LogP contribution >= 0.6 is 11.3 Å². The fourth-order valence-electron chi connectivity index (χ4n) is 3.51. The van der Waals surface area contributed by atoms with Gasteiger partial charge in [-0.1, -0.05) is 18.6 Å². The van der Waals surface area contributed by atoms with E-state index in [2.05, 4.69) is 10.3 Å². The maximum absolute atomic E-state index is 14.4. The molecule has 0 bridgehead atoms. The molecule has 1 saturated heterocycles. The molecular weight excluding hydrogens is 437 g/mol. The number of piperidine rings is 1. The van der Waals surface area contributed by atoms with Crippen LogP contribution in [0.5, 0.6) is 0 Å². The minimum atomic E-state index is -3.98. The predicted molar refractivity (Wildman–Crippen MR) is 119 cm³/mol. The largest absolute Gasteiger partial charge is 0.322 e. The molecule has 1 fully saturated rings.